The molecule has 0 amide bonds. The Labute approximate surface area is 145 Å². The number of esters is 1. The van der Waals surface area contributed by atoms with Gasteiger partial charge in [0.05, 0.1) is 24.1 Å². The van der Waals surface area contributed by atoms with Gasteiger partial charge in [-0.25, -0.2) is 12.4 Å². The Morgan fingerprint density at radius 2 is 2.08 bits per heavy atom. The van der Waals surface area contributed by atoms with Crippen LogP contribution >= 0.6 is 0 Å². The maximum atomic E-state index is 12.6. The minimum atomic E-state index is -3.63. The molecule has 1 aliphatic rings. The largest absolute Gasteiger partial charge is 0.469 e. The lowest BCUT2D eigenvalue weighted by Gasteiger charge is -2.19. The van der Waals surface area contributed by atoms with E-state index in [9.17, 15) is 13.2 Å². The van der Waals surface area contributed by atoms with Crippen molar-refractivity contribution in [1.82, 2.24) is 3.97 Å². The average molecular weight is 362 g/mol. The summed E-state index contributed by atoms with van der Waals surface area (Å²) in [6.07, 6.45) is 4.05. The summed E-state index contributed by atoms with van der Waals surface area (Å²) in [5, 5.41) is 4.04. The van der Waals surface area contributed by atoms with Gasteiger partial charge in [-0.05, 0) is 31.0 Å². The lowest BCUT2D eigenvalue weighted by atomic mass is 10.0. The molecule has 0 saturated heterocycles. The summed E-state index contributed by atoms with van der Waals surface area (Å²) in [6, 6.07) is 9.90. The van der Waals surface area contributed by atoms with Crippen molar-refractivity contribution >= 4 is 21.7 Å². The second-order valence-corrected chi connectivity index (χ2v) is 7.48. The van der Waals surface area contributed by atoms with Crippen LogP contribution in [0.3, 0.4) is 0 Å². The Bertz CT molecular complexity index is 887. The van der Waals surface area contributed by atoms with Crippen LogP contribution in [0, 0.1) is 0 Å². The van der Waals surface area contributed by atoms with Crippen molar-refractivity contribution in [3.05, 3.63) is 54.4 Å². The third-order valence-corrected chi connectivity index (χ3v) is 5.61. The van der Waals surface area contributed by atoms with Crippen LogP contribution < -0.4 is 0 Å². The molecule has 2 heterocycles. The lowest BCUT2D eigenvalue weighted by Crippen LogP contribution is -2.22. The normalized spacial score (nSPS) is 17.5. The van der Waals surface area contributed by atoms with Crippen LogP contribution in [0.2, 0.25) is 0 Å². The zero-order chi connectivity index (χ0) is 17.9. The van der Waals surface area contributed by atoms with Gasteiger partial charge in [0.25, 0.3) is 10.0 Å². The number of hydrogen-bond acceptors (Lipinski definition) is 6. The molecule has 3 rings (SSSR count). The second-order valence-electron chi connectivity index (χ2n) is 5.63. The molecular formula is C17H18N2O5S. The molecule has 2 aromatic rings. The third kappa shape index (κ3) is 3.74. The molecular weight excluding hydrogens is 344 g/mol. The summed E-state index contributed by atoms with van der Waals surface area (Å²) < 4.78 is 30.9. The predicted molar refractivity (Wildman–Crippen MR) is 90.7 cm³/mol. The highest BCUT2D eigenvalue weighted by Crippen LogP contribution is 2.21. The Morgan fingerprint density at radius 3 is 2.72 bits per heavy atom. The number of nitrogens with zero attached hydrogens (tertiary/aromatic N) is 2. The Balaban J connectivity index is 1.75. The summed E-state index contributed by atoms with van der Waals surface area (Å²) in [7, 11) is -2.30. The maximum Gasteiger partial charge on any atom is 0.309 e. The minimum absolute atomic E-state index is 0.149. The van der Waals surface area contributed by atoms with Crippen molar-refractivity contribution in [2.45, 2.75) is 30.3 Å². The van der Waals surface area contributed by atoms with Crippen molar-refractivity contribution < 1.29 is 22.8 Å². The Kier molecular flexibility index (Phi) is 4.89. The van der Waals surface area contributed by atoms with E-state index >= 15 is 0 Å². The summed E-state index contributed by atoms with van der Waals surface area (Å²) in [5.74, 6) is -0.344. The molecule has 0 saturated carbocycles. The lowest BCUT2D eigenvalue weighted by molar-refractivity contribution is -0.144. The van der Waals surface area contributed by atoms with Gasteiger partial charge in [0.2, 0.25) is 0 Å². The highest BCUT2D eigenvalue weighted by Gasteiger charge is 2.23. The standard InChI is InChI=1S/C17H18N2O5S/c1-23-17(20)11-14-7-8-16(18-24-14)13-9-10-19(12-13)25(21,22)15-5-3-2-4-6-15/h2-6,9-10,12,14H,7-8,11H2,1H3. The van der Waals surface area contributed by atoms with E-state index in [1.807, 2.05) is 0 Å². The van der Waals surface area contributed by atoms with Gasteiger partial charge in [0.15, 0.2) is 0 Å². The quantitative estimate of drug-likeness (QED) is 0.761. The summed E-state index contributed by atoms with van der Waals surface area (Å²) in [4.78, 5) is 16.8. The number of aromatic nitrogens is 1. The summed E-state index contributed by atoms with van der Waals surface area (Å²) in [5.41, 5.74) is 1.33. The van der Waals surface area contributed by atoms with Gasteiger partial charge in [0.1, 0.15) is 6.10 Å². The molecule has 0 radical (unpaired) electrons. The number of carbonyl (C=O) groups excluding carboxylic acids is 1. The summed E-state index contributed by atoms with van der Waals surface area (Å²) >= 11 is 0. The number of hydrogen-bond donors (Lipinski definition) is 0. The van der Waals surface area contributed by atoms with Gasteiger partial charge in [-0.15, -0.1) is 0 Å². The van der Waals surface area contributed by atoms with Gasteiger partial charge in [-0.1, -0.05) is 23.4 Å². The summed E-state index contributed by atoms with van der Waals surface area (Å²) in [6.45, 7) is 0. The van der Waals surface area contributed by atoms with Gasteiger partial charge < -0.3 is 9.57 Å². The monoisotopic (exact) mass is 362 g/mol. The fraction of sp³-hybridized carbons (Fsp3) is 0.294. The van der Waals surface area contributed by atoms with Gasteiger partial charge in [-0.3, -0.25) is 4.79 Å². The first kappa shape index (κ1) is 17.2. The second kappa shape index (κ2) is 7.10. The van der Waals surface area contributed by atoms with Crippen LogP contribution in [0.4, 0.5) is 0 Å². The number of ether oxygens (including phenoxy) is 1. The third-order valence-electron chi connectivity index (χ3n) is 3.96. The molecule has 1 aromatic carbocycles. The number of methoxy groups -OCH3 is 1. The van der Waals surface area contributed by atoms with Crippen LogP contribution in [0.15, 0.2) is 58.8 Å². The molecule has 1 aromatic heterocycles. The van der Waals surface area contributed by atoms with Gasteiger partial charge in [0, 0.05) is 18.0 Å². The maximum absolute atomic E-state index is 12.6. The average Bonchev–Trinajstić information content (AvgIpc) is 3.14. The van der Waals surface area contributed by atoms with E-state index in [1.165, 1.54) is 23.5 Å². The molecule has 1 aliphatic heterocycles. The first-order valence-electron chi connectivity index (χ1n) is 7.79. The van der Waals surface area contributed by atoms with E-state index in [0.29, 0.717) is 24.1 Å². The molecule has 1 atom stereocenters. The topological polar surface area (TPSA) is 87.0 Å². The molecule has 0 spiro atoms. The molecule has 25 heavy (non-hydrogen) atoms. The first-order valence-corrected chi connectivity index (χ1v) is 9.23. The smallest absolute Gasteiger partial charge is 0.309 e. The fourth-order valence-corrected chi connectivity index (χ4v) is 3.77. The van der Waals surface area contributed by atoms with Gasteiger partial charge >= 0.3 is 5.97 Å². The Morgan fingerprint density at radius 1 is 1.32 bits per heavy atom. The number of rotatable bonds is 5. The van der Waals surface area contributed by atoms with Gasteiger partial charge in [-0.2, -0.15) is 0 Å². The van der Waals surface area contributed by atoms with Crippen molar-refractivity contribution in [2.75, 3.05) is 7.11 Å². The fourth-order valence-electron chi connectivity index (χ4n) is 2.55. The predicted octanol–water partition coefficient (Wildman–Crippen LogP) is 2.17. The van der Waals surface area contributed by atoms with E-state index < -0.39 is 10.0 Å². The molecule has 0 aliphatic carbocycles. The molecule has 0 fully saturated rings. The van der Waals surface area contributed by atoms with E-state index in [2.05, 4.69) is 9.89 Å². The van der Waals surface area contributed by atoms with Crippen molar-refractivity contribution in [3.8, 4) is 0 Å². The van der Waals surface area contributed by atoms with Crippen LogP contribution in [0.25, 0.3) is 0 Å². The highest BCUT2D eigenvalue weighted by molar-refractivity contribution is 7.90. The molecule has 132 valence electrons. The first-order chi connectivity index (χ1) is 12.0. The van der Waals surface area contributed by atoms with Crippen LogP contribution in [-0.4, -0.2) is 37.3 Å². The molecule has 0 N–H and O–H groups in total. The zero-order valence-corrected chi connectivity index (χ0v) is 14.5. The minimum Gasteiger partial charge on any atom is -0.469 e. The highest BCUT2D eigenvalue weighted by atomic mass is 32.2. The van der Waals surface area contributed by atoms with Crippen LogP contribution in [0.1, 0.15) is 24.8 Å². The molecule has 8 heteroatoms. The number of carbonyl (C=O) groups is 1. The van der Waals surface area contributed by atoms with E-state index in [1.54, 1.807) is 36.4 Å². The SMILES string of the molecule is COC(=O)CC1CCC(c2ccn(S(=O)(=O)c3ccccc3)c2)=NO1. The van der Waals surface area contributed by atoms with Crippen molar-refractivity contribution in [1.29, 1.82) is 0 Å². The molecule has 1 unspecified atom stereocenters. The van der Waals surface area contributed by atoms with Crippen LogP contribution in [-0.2, 0) is 24.4 Å². The van der Waals surface area contributed by atoms with Crippen LogP contribution in [0.5, 0.6) is 0 Å². The molecule has 0 bridgehead atoms. The zero-order valence-electron chi connectivity index (χ0n) is 13.7. The van der Waals surface area contributed by atoms with E-state index in [0.717, 1.165) is 0 Å². The van der Waals surface area contributed by atoms with Crippen molar-refractivity contribution in [3.63, 3.8) is 0 Å². The van der Waals surface area contributed by atoms with Crippen molar-refractivity contribution in [2.24, 2.45) is 5.16 Å². The molecule has 7 nitrogen and oxygen atoms in total. The van der Waals surface area contributed by atoms with E-state index in [4.69, 9.17) is 4.84 Å². The Hall–Kier alpha value is -2.61. The number of oxime groups is 1. The van der Waals surface area contributed by atoms with E-state index in [-0.39, 0.29) is 23.4 Å². The number of benzene rings is 1.